The number of halogens is 2. The molecule has 0 aliphatic heterocycles. The summed E-state index contributed by atoms with van der Waals surface area (Å²) in [5.74, 6) is -0.669. The van der Waals surface area contributed by atoms with Crippen LogP contribution < -0.4 is 15.4 Å². The number of rotatable bonds is 7. The highest BCUT2D eigenvalue weighted by Crippen LogP contribution is 2.26. The van der Waals surface area contributed by atoms with Crippen LogP contribution in [0.4, 0.5) is 15.8 Å². The summed E-state index contributed by atoms with van der Waals surface area (Å²) in [4.78, 5) is 23.7. The first kappa shape index (κ1) is 19.9. The normalized spacial score (nSPS) is 11.5. The molecule has 1 atom stereocenters. The zero-order valence-electron chi connectivity index (χ0n) is 14.2. The molecular weight excluding hydrogens is 407 g/mol. The van der Waals surface area contributed by atoms with E-state index < -0.39 is 11.9 Å². The van der Waals surface area contributed by atoms with Crippen LogP contribution in [0.15, 0.2) is 46.9 Å². The van der Waals surface area contributed by atoms with Crippen LogP contribution in [-0.2, 0) is 14.3 Å². The molecule has 6 nitrogen and oxygen atoms in total. The van der Waals surface area contributed by atoms with Crippen LogP contribution in [0.3, 0.4) is 0 Å². The highest BCUT2D eigenvalue weighted by atomic mass is 79.9. The van der Waals surface area contributed by atoms with Crippen molar-refractivity contribution in [3.63, 3.8) is 0 Å². The Labute approximate surface area is 158 Å². The summed E-state index contributed by atoms with van der Waals surface area (Å²) in [6, 6.07) is 10.6. The standard InChI is InChI=1S/C18H18BrFN2O4/c1-11(26-16-8-3-12(20)9-15(16)19)18(24)22-14-6-4-13(5-7-14)21-17(23)10-25-2/h3-9,11H,10H2,1-2H3,(H,21,23)(H,22,24). The Bertz CT molecular complexity index is 783. The molecule has 0 bridgehead atoms. The lowest BCUT2D eigenvalue weighted by Gasteiger charge is -2.16. The fraction of sp³-hybridized carbons (Fsp3) is 0.222. The van der Waals surface area contributed by atoms with Gasteiger partial charge in [-0.25, -0.2) is 4.39 Å². The Hall–Kier alpha value is -2.45. The van der Waals surface area contributed by atoms with E-state index in [0.29, 0.717) is 21.6 Å². The summed E-state index contributed by atoms with van der Waals surface area (Å²) in [7, 11) is 1.44. The molecule has 0 aromatic heterocycles. The molecular formula is C18H18BrFN2O4. The molecule has 0 heterocycles. The summed E-state index contributed by atoms with van der Waals surface area (Å²) < 4.78 is 23.8. The minimum Gasteiger partial charge on any atom is -0.480 e. The van der Waals surface area contributed by atoms with Crippen LogP contribution in [0.1, 0.15) is 6.92 Å². The third-order valence-electron chi connectivity index (χ3n) is 3.28. The summed E-state index contributed by atoms with van der Waals surface area (Å²) in [6.45, 7) is 1.55. The maximum Gasteiger partial charge on any atom is 0.265 e. The van der Waals surface area contributed by atoms with Crippen LogP contribution in [-0.4, -0.2) is 31.6 Å². The van der Waals surface area contributed by atoms with Gasteiger partial charge in [-0.2, -0.15) is 0 Å². The summed E-state index contributed by atoms with van der Waals surface area (Å²) >= 11 is 3.19. The number of nitrogens with one attached hydrogen (secondary N) is 2. The summed E-state index contributed by atoms with van der Waals surface area (Å²) in [6.07, 6.45) is -0.794. The Morgan fingerprint density at radius 2 is 1.73 bits per heavy atom. The quantitative estimate of drug-likeness (QED) is 0.711. The van der Waals surface area contributed by atoms with Crippen LogP contribution in [0.2, 0.25) is 0 Å². The molecule has 138 valence electrons. The second-order valence-electron chi connectivity index (χ2n) is 5.38. The highest BCUT2D eigenvalue weighted by Gasteiger charge is 2.16. The van der Waals surface area contributed by atoms with Crippen molar-refractivity contribution in [2.75, 3.05) is 24.4 Å². The molecule has 0 fully saturated rings. The predicted octanol–water partition coefficient (Wildman–Crippen LogP) is 3.58. The van der Waals surface area contributed by atoms with Gasteiger partial charge in [-0.1, -0.05) is 0 Å². The van der Waals surface area contributed by atoms with Gasteiger partial charge in [0.15, 0.2) is 6.10 Å². The molecule has 8 heteroatoms. The van der Waals surface area contributed by atoms with Crippen LogP contribution >= 0.6 is 15.9 Å². The van der Waals surface area contributed by atoms with Gasteiger partial charge < -0.3 is 20.1 Å². The van der Waals surface area contributed by atoms with Crippen molar-refractivity contribution in [2.45, 2.75) is 13.0 Å². The average Bonchev–Trinajstić information content (AvgIpc) is 2.59. The third-order valence-corrected chi connectivity index (χ3v) is 3.90. The van der Waals surface area contributed by atoms with Crippen LogP contribution in [0.25, 0.3) is 0 Å². The van der Waals surface area contributed by atoms with Gasteiger partial charge in [-0.3, -0.25) is 9.59 Å². The topological polar surface area (TPSA) is 76.7 Å². The largest absolute Gasteiger partial charge is 0.480 e. The predicted molar refractivity (Wildman–Crippen MR) is 99.8 cm³/mol. The van der Waals surface area contributed by atoms with Gasteiger partial charge in [0, 0.05) is 18.5 Å². The highest BCUT2D eigenvalue weighted by molar-refractivity contribution is 9.10. The van der Waals surface area contributed by atoms with Crippen molar-refractivity contribution in [3.05, 3.63) is 52.8 Å². The summed E-state index contributed by atoms with van der Waals surface area (Å²) in [5, 5.41) is 5.36. The van der Waals surface area contributed by atoms with Gasteiger partial charge in [0.1, 0.15) is 18.2 Å². The molecule has 2 rings (SSSR count). The van der Waals surface area contributed by atoms with Crippen molar-refractivity contribution in [1.82, 2.24) is 0 Å². The van der Waals surface area contributed by atoms with Gasteiger partial charge in [0.2, 0.25) is 5.91 Å². The second kappa shape index (κ2) is 9.30. The molecule has 2 aromatic carbocycles. The minimum absolute atomic E-state index is 0.0354. The van der Waals surface area contributed by atoms with E-state index in [-0.39, 0.29) is 18.4 Å². The number of carbonyl (C=O) groups is 2. The van der Waals surface area contributed by atoms with Crippen molar-refractivity contribution >= 4 is 39.1 Å². The van der Waals surface area contributed by atoms with Gasteiger partial charge in [-0.15, -0.1) is 0 Å². The zero-order valence-corrected chi connectivity index (χ0v) is 15.8. The Balaban J connectivity index is 1.92. The van der Waals surface area contributed by atoms with E-state index in [4.69, 9.17) is 9.47 Å². The van der Waals surface area contributed by atoms with E-state index in [1.54, 1.807) is 31.2 Å². The van der Waals surface area contributed by atoms with Crippen molar-refractivity contribution in [2.24, 2.45) is 0 Å². The van der Waals surface area contributed by atoms with E-state index in [2.05, 4.69) is 26.6 Å². The molecule has 0 aliphatic rings. The fourth-order valence-corrected chi connectivity index (χ4v) is 2.47. The molecule has 1 unspecified atom stereocenters. The molecule has 2 N–H and O–H groups in total. The lowest BCUT2D eigenvalue weighted by molar-refractivity contribution is -0.122. The number of benzene rings is 2. The maximum absolute atomic E-state index is 13.1. The van der Waals surface area contributed by atoms with Gasteiger partial charge in [0.25, 0.3) is 5.91 Å². The number of methoxy groups -OCH3 is 1. The Morgan fingerprint density at radius 1 is 1.12 bits per heavy atom. The Morgan fingerprint density at radius 3 is 2.31 bits per heavy atom. The van der Waals surface area contributed by atoms with Crippen molar-refractivity contribution < 1.29 is 23.5 Å². The average molecular weight is 425 g/mol. The zero-order chi connectivity index (χ0) is 19.1. The first-order chi connectivity index (χ1) is 12.4. The molecule has 0 saturated heterocycles. The molecule has 0 radical (unpaired) electrons. The van der Waals surface area contributed by atoms with Crippen LogP contribution in [0.5, 0.6) is 5.75 Å². The molecule has 0 saturated carbocycles. The maximum atomic E-state index is 13.1. The molecule has 0 aliphatic carbocycles. The monoisotopic (exact) mass is 424 g/mol. The number of amides is 2. The van der Waals surface area contributed by atoms with Crippen molar-refractivity contribution in [1.29, 1.82) is 0 Å². The van der Waals surface area contributed by atoms with E-state index >= 15 is 0 Å². The van der Waals surface area contributed by atoms with E-state index in [1.165, 1.54) is 25.3 Å². The molecule has 26 heavy (non-hydrogen) atoms. The van der Waals surface area contributed by atoms with Gasteiger partial charge >= 0.3 is 0 Å². The first-order valence-electron chi connectivity index (χ1n) is 7.70. The number of hydrogen-bond donors (Lipinski definition) is 2. The number of ether oxygens (including phenoxy) is 2. The minimum atomic E-state index is -0.794. The smallest absolute Gasteiger partial charge is 0.265 e. The lowest BCUT2D eigenvalue weighted by Crippen LogP contribution is -2.30. The van der Waals surface area contributed by atoms with Crippen molar-refractivity contribution in [3.8, 4) is 5.75 Å². The van der Waals surface area contributed by atoms with E-state index in [1.807, 2.05) is 0 Å². The number of hydrogen-bond acceptors (Lipinski definition) is 4. The second-order valence-corrected chi connectivity index (χ2v) is 6.24. The van der Waals surface area contributed by atoms with Crippen LogP contribution in [0, 0.1) is 5.82 Å². The van der Waals surface area contributed by atoms with E-state index in [0.717, 1.165) is 0 Å². The molecule has 2 amide bonds. The third kappa shape index (κ3) is 5.82. The summed E-state index contributed by atoms with van der Waals surface area (Å²) in [5.41, 5.74) is 1.14. The first-order valence-corrected chi connectivity index (χ1v) is 8.49. The molecule has 2 aromatic rings. The fourth-order valence-electron chi connectivity index (χ4n) is 2.02. The molecule has 0 spiro atoms. The number of anilines is 2. The van der Waals surface area contributed by atoms with E-state index in [9.17, 15) is 14.0 Å². The van der Waals surface area contributed by atoms with Gasteiger partial charge in [-0.05, 0) is 65.3 Å². The lowest BCUT2D eigenvalue weighted by atomic mass is 10.2. The van der Waals surface area contributed by atoms with Gasteiger partial charge in [0.05, 0.1) is 4.47 Å². The number of carbonyl (C=O) groups excluding carboxylic acids is 2. The Kier molecular flexibility index (Phi) is 7.11. The SMILES string of the molecule is COCC(=O)Nc1ccc(NC(=O)C(C)Oc2ccc(F)cc2Br)cc1.